The van der Waals surface area contributed by atoms with Crippen molar-refractivity contribution >= 4 is 11.5 Å². The molecule has 0 radical (unpaired) electrons. The molecule has 2 aromatic rings. The van der Waals surface area contributed by atoms with E-state index >= 15 is 0 Å². The topological polar surface area (TPSA) is 85.9 Å². The first-order valence-corrected chi connectivity index (χ1v) is 9.88. The van der Waals surface area contributed by atoms with Crippen LogP contribution in [0.25, 0.3) is 0 Å². The summed E-state index contributed by atoms with van der Waals surface area (Å²) in [5.41, 5.74) is 0.573. The van der Waals surface area contributed by atoms with Crippen molar-refractivity contribution in [1.82, 2.24) is 14.5 Å². The number of imidazole rings is 1. The summed E-state index contributed by atoms with van der Waals surface area (Å²) in [6, 6.07) is 8.94. The number of nitrogens with zero attached hydrogens (tertiary/aromatic N) is 5. The molecule has 1 unspecified atom stereocenters. The number of hydrogen-bond donors (Lipinski definition) is 0. The van der Waals surface area contributed by atoms with E-state index in [1.54, 1.807) is 4.57 Å². The normalized spacial score (nSPS) is 22.2. The van der Waals surface area contributed by atoms with Gasteiger partial charge in [-0.1, -0.05) is 0 Å². The molecule has 9 nitrogen and oxygen atoms in total. The Morgan fingerprint density at radius 3 is 2.66 bits per heavy atom. The third-order valence-corrected chi connectivity index (χ3v) is 5.78. The molecule has 2 aliphatic heterocycles. The van der Waals surface area contributed by atoms with Crippen molar-refractivity contribution < 1.29 is 14.4 Å². The Bertz CT molecular complexity index is 850. The predicted molar refractivity (Wildman–Crippen MR) is 109 cm³/mol. The SMILES string of the molecule is CN1CCC(N(C)c2ccc(OCC3(C)Cn4cc([N+](=O)[O-])nc4O3)cc2)CC1. The van der Waals surface area contributed by atoms with E-state index in [0.29, 0.717) is 19.2 Å². The van der Waals surface area contributed by atoms with E-state index in [1.165, 1.54) is 24.7 Å². The average Bonchev–Trinajstić information content (AvgIpc) is 3.22. The van der Waals surface area contributed by atoms with E-state index in [4.69, 9.17) is 9.47 Å². The average molecular weight is 401 g/mol. The fraction of sp³-hybridized carbons (Fsp3) is 0.550. The Balaban J connectivity index is 1.32. The number of fused-ring (bicyclic) bond motifs is 1. The standard InChI is InChI=1S/C20H27N5O4/c1-20(13-24-12-18(25(26)27)21-19(24)29-20)14-28-17-6-4-15(5-7-17)23(3)16-8-10-22(2)11-9-16/h4-7,12,16H,8-11,13-14H2,1-3H3. The first kappa shape index (κ1) is 19.5. The molecule has 0 saturated carbocycles. The maximum absolute atomic E-state index is 10.8. The number of nitro groups is 1. The summed E-state index contributed by atoms with van der Waals surface area (Å²) in [6.07, 6.45) is 3.75. The number of hydrogen-bond acceptors (Lipinski definition) is 7. The highest BCUT2D eigenvalue weighted by molar-refractivity contribution is 5.49. The van der Waals surface area contributed by atoms with Crippen LogP contribution in [0, 0.1) is 10.1 Å². The molecule has 0 N–H and O–H groups in total. The zero-order chi connectivity index (χ0) is 20.6. The summed E-state index contributed by atoms with van der Waals surface area (Å²) < 4.78 is 13.4. The molecule has 1 aromatic carbocycles. The highest BCUT2D eigenvalue weighted by Gasteiger charge is 2.41. The number of likely N-dealkylation sites (tertiary alicyclic amines) is 1. The molecular formula is C20H27N5O4. The predicted octanol–water partition coefficient (Wildman–Crippen LogP) is 2.55. The Kier molecular flexibility index (Phi) is 5.08. The number of aromatic nitrogens is 2. The summed E-state index contributed by atoms with van der Waals surface area (Å²) >= 11 is 0. The van der Waals surface area contributed by atoms with Gasteiger partial charge in [0.2, 0.25) is 0 Å². The van der Waals surface area contributed by atoms with Gasteiger partial charge in [0.25, 0.3) is 0 Å². The fourth-order valence-electron chi connectivity index (χ4n) is 3.96. The molecule has 1 saturated heterocycles. The van der Waals surface area contributed by atoms with E-state index < -0.39 is 10.5 Å². The number of anilines is 1. The molecule has 29 heavy (non-hydrogen) atoms. The van der Waals surface area contributed by atoms with Crippen LogP contribution in [-0.2, 0) is 6.54 Å². The van der Waals surface area contributed by atoms with E-state index in [1.807, 2.05) is 19.1 Å². The van der Waals surface area contributed by atoms with E-state index in [0.717, 1.165) is 18.8 Å². The number of benzene rings is 1. The van der Waals surface area contributed by atoms with Crippen molar-refractivity contribution in [3.63, 3.8) is 0 Å². The first-order chi connectivity index (χ1) is 13.8. The van der Waals surface area contributed by atoms with Crippen LogP contribution in [0.4, 0.5) is 11.5 Å². The molecule has 0 bridgehead atoms. The van der Waals surface area contributed by atoms with Gasteiger partial charge in [-0.3, -0.25) is 4.57 Å². The Labute approximate surface area is 170 Å². The van der Waals surface area contributed by atoms with E-state index in [2.05, 4.69) is 41.0 Å². The second-order valence-corrected chi connectivity index (χ2v) is 8.25. The van der Waals surface area contributed by atoms with Crippen LogP contribution in [-0.4, -0.2) is 64.8 Å². The van der Waals surface area contributed by atoms with Crippen LogP contribution < -0.4 is 14.4 Å². The quantitative estimate of drug-likeness (QED) is 0.543. The van der Waals surface area contributed by atoms with Gasteiger partial charge < -0.3 is 29.4 Å². The molecule has 0 aliphatic carbocycles. The van der Waals surface area contributed by atoms with Gasteiger partial charge in [0.1, 0.15) is 18.6 Å². The monoisotopic (exact) mass is 401 g/mol. The van der Waals surface area contributed by atoms with Gasteiger partial charge in [0, 0.05) is 23.8 Å². The Morgan fingerprint density at radius 1 is 1.34 bits per heavy atom. The van der Waals surface area contributed by atoms with Gasteiger partial charge >= 0.3 is 11.8 Å². The minimum Gasteiger partial charge on any atom is -0.489 e. The molecule has 9 heteroatoms. The maximum Gasteiger partial charge on any atom is 0.415 e. The summed E-state index contributed by atoms with van der Waals surface area (Å²) in [7, 11) is 4.32. The molecule has 2 aliphatic rings. The molecule has 1 fully saturated rings. The van der Waals surface area contributed by atoms with Crippen LogP contribution in [0.5, 0.6) is 11.8 Å². The van der Waals surface area contributed by atoms with Gasteiger partial charge in [-0.15, -0.1) is 0 Å². The summed E-state index contributed by atoms with van der Waals surface area (Å²) in [5, 5.41) is 10.8. The fourth-order valence-corrected chi connectivity index (χ4v) is 3.96. The minimum absolute atomic E-state index is 0.202. The lowest BCUT2D eigenvalue weighted by molar-refractivity contribution is -0.389. The van der Waals surface area contributed by atoms with E-state index in [-0.39, 0.29) is 11.8 Å². The highest BCUT2D eigenvalue weighted by Crippen LogP contribution is 2.32. The summed E-state index contributed by atoms with van der Waals surface area (Å²) in [4.78, 5) is 18.9. The number of piperidine rings is 1. The van der Waals surface area contributed by atoms with Crippen LogP contribution in [0.2, 0.25) is 0 Å². The first-order valence-electron chi connectivity index (χ1n) is 9.88. The molecule has 1 aromatic heterocycles. The van der Waals surface area contributed by atoms with Crippen molar-refractivity contribution in [2.75, 3.05) is 38.7 Å². The van der Waals surface area contributed by atoms with Gasteiger partial charge in [-0.25, -0.2) is 0 Å². The van der Waals surface area contributed by atoms with Crippen molar-refractivity contribution in [1.29, 1.82) is 0 Å². The van der Waals surface area contributed by atoms with Gasteiger partial charge in [-0.05, 0) is 69.1 Å². The largest absolute Gasteiger partial charge is 0.489 e. The van der Waals surface area contributed by atoms with Crippen LogP contribution in [0.1, 0.15) is 19.8 Å². The lowest BCUT2D eigenvalue weighted by Gasteiger charge is -2.36. The van der Waals surface area contributed by atoms with Crippen molar-refractivity contribution in [3.05, 3.63) is 40.6 Å². The van der Waals surface area contributed by atoms with Gasteiger partial charge in [-0.2, -0.15) is 0 Å². The molecule has 4 rings (SSSR count). The Hall–Kier alpha value is -2.81. The second kappa shape index (κ2) is 7.55. The second-order valence-electron chi connectivity index (χ2n) is 8.25. The van der Waals surface area contributed by atoms with Crippen molar-refractivity contribution in [2.45, 2.75) is 38.0 Å². The van der Waals surface area contributed by atoms with E-state index in [9.17, 15) is 10.1 Å². The number of rotatable bonds is 6. The van der Waals surface area contributed by atoms with Crippen LogP contribution >= 0.6 is 0 Å². The van der Waals surface area contributed by atoms with Crippen LogP contribution in [0.3, 0.4) is 0 Å². The van der Waals surface area contributed by atoms with Gasteiger partial charge in [0.05, 0.1) is 6.54 Å². The molecule has 3 heterocycles. The van der Waals surface area contributed by atoms with Crippen LogP contribution in [0.15, 0.2) is 30.5 Å². The third kappa shape index (κ3) is 4.14. The van der Waals surface area contributed by atoms with Crippen molar-refractivity contribution in [2.24, 2.45) is 0 Å². The summed E-state index contributed by atoms with van der Waals surface area (Å²) in [5.74, 6) is 0.568. The lowest BCUT2D eigenvalue weighted by Crippen LogP contribution is -2.41. The molecular weight excluding hydrogens is 374 g/mol. The minimum atomic E-state index is -0.610. The zero-order valence-electron chi connectivity index (χ0n) is 17.1. The zero-order valence-corrected chi connectivity index (χ0v) is 17.1. The van der Waals surface area contributed by atoms with Crippen molar-refractivity contribution in [3.8, 4) is 11.8 Å². The Morgan fingerprint density at radius 2 is 2.03 bits per heavy atom. The van der Waals surface area contributed by atoms with Gasteiger partial charge in [0.15, 0.2) is 5.60 Å². The lowest BCUT2D eigenvalue weighted by atomic mass is 10.0. The highest BCUT2D eigenvalue weighted by atomic mass is 16.6. The maximum atomic E-state index is 10.8. The summed E-state index contributed by atoms with van der Waals surface area (Å²) in [6.45, 7) is 4.97. The molecule has 0 amide bonds. The number of ether oxygens (including phenoxy) is 2. The molecule has 0 spiro atoms. The molecule has 156 valence electrons. The third-order valence-electron chi connectivity index (χ3n) is 5.78. The molecule has 1 atom stereocenters. The smallest absolute Gasteiger partial charge is 0.415 e.